The molecule has 0 fully saturated rings. The maximum atomic E-state index is 13.3. The lowest BCUT2D eigenvalue weighted by Crippen LogP contribution is -2.28. The molecule has 0 bridgehead atoms. The summed E-state index contributed by atoms with van der Waals surface area (Å²) in [5.74, 6) is -0.230. The van der Waals surface area contributed by atoms with Crippen LogP contribution < -0.4 is 0 Å². The van der Waals surface area contributed by atoms with Crippen LogP contribution in [0.5, 0.6) is 0 Å². The van der Waals surface area contributed by atoms with Gasteiger partial charge in [-0.25, -0.2) is 4.39 Å². The van der Waals surface area contributed by atoms with Crippen LogP contribution in [0, 0.1) is 5.82 Å². The van der Waals surface area contributed by atoms with Crippen molar-refractivity contribution < 1.29 is 9.13 Å². The Bertz CT molecular complexity index is 690. The number of rotatable bonds is 5. The fourth-order valence-electron chi connectivity index (χ4n) is 3.31. The van der Waals surface area contributed by atoms with Crippen molar-refractivity contribution in [1.82, 2.24) is 4.90 Å². The van der Waals surface area contributed by atoms with E-state index >= 15 is 0 Å². The largest absolute Gasteiger partial charge is 0.361 e. The van der Waals surface area contributed by atoms with Gasteiger partial charge in [-0.2, -0.15) is 0 Å². The zero-order chi connectivity index (χ0) is 16.4. The van der Waals surface area contributed by atoms with E-state index in [0.717, 1.165) is 41.1 Å². The van der Waals surface area contributed by atoms with Crippen molar-refractivity contribution in [2.24, 2.45) is 0 Å². The van der Waals surface area contributed by atoms with Gasteiger partial charge in [0, 0.05) is 5.02 Å². The van der Waals surface area contributed by atoms with Crippen LogP contribution in [0.1, 0.15) is 29.5 Å². The van der Waals surface area contributed by atoms with E-state index in [0.29, 0.717) is 6.61 Å². The molecular formula is C19H22Cl2FNO. The molecule has 130 valence electrons. The van der Waals surface area contributed by atoms with Crippen molar-refractivity contribution in [2.45, 2.75) is 25.0 Å². The van der Waals surface area contributed by atoms with Crippen molar-refractivity contribution in [2.75, 3.05) is 20.6 Å². The summed E-state index contributed by atoms with van der Waals surface area (Å²) in [6, 6.07) is 12.6. The van der Waals surface area contributed by atoms with Crippen LogP contribution in [-0.2, 0) is 16.9 Å². The first kappa shape index (κ1) is 19.2. The predicted molar refractivity (Wildman–Crippen MR) is 98.5 cm³/mol. The molecule has 1 unspecified atom stereocenters. The molecule has 0 radical (unpaired) electrons. The summed E-state index contributed by atoms with van der Waals surface area (Å²) >= 11 is 6.12. The molecule has 24 heavy (non-hydrogen) atoms. The van der Waals surface area contributed by atoms with E-state index in [2.05, 4.69) is 19.0 Å². The van der Waals surface area contributed by atoms with Crippen LogP contribution in [0.2, 0.25) is 5.02 Å². The zero-order valence-corrected chi connectivity index (χ0v) is 15.5. The Morgan fingerprint density at radius 2 is 1.88 bits per heavy atom. The summed E-state index contributed by atoms with van der Waals surface area (Å²) in [4.78, 5) is 2.16. The van der Waals surface area contributed by atoms with Crippen molar-refractivity contribution in [1.29, 1.82) is 0 Å². The Morgan fingerprint density at radius 1 is 1.17 bits per heavy atom. The molecule has 0 aromatic heterocycles. The average molecular weight is 370 g/mol. The number of benzene rings is 2. The maximum Gasteiger partial charge on any atom is 0.123 e. The molecule has 0 N–H and O–H groups in total. The fourth-order valence-corrected chi connectivity index (χ4v) is 3.50. The van der Waals surface area contributed by atoms with Crippen molar-refractivity contribution >= 4 is 24.0 Å². The van der Waals surface area contributed by atoms with Gasteiger partial charge in [-0.3, -0.25) is 0 Å². The van der Waals surface area contributed by atoms with Gasteiger partial charge in [0.2, 0.25) is 0 Å². The SMILES string of the molecule is CN(C)CCCC1(c2ccc(F)cc2)OCc2cc(Cl)ccc21.Cl. The first-order valence-electron chi connectivity index (χ1n) is 7.85. The van der Waals surface area contributed by atoms with Crippen molar-refractivity contribution in [3.05, 3.63) is 70.0 Å². The first-order chi connectivity index (χ1) is 11.0. The van der Waals surface area contributed by atoms with E-state index in [1.165, 1.54) is 12.1 Å². The van der Waals surface area contributed by atoms with E-state index in [9.17, 15) is 4.39 Å². The van der Waals surface area contributed by atoms with Gasteiger partial charge in [0.1, 0.15) is 11.4 Å². The minimum atomic E-state index is -0.510. The van der Waals surface area contributed by atoms with E-state index < -0.39 is 5.60 Å². The van der Waals surface area contributed by atoms with Gasteiger partial charge in [0.05, 0.1) is 6.61 Å². The number of hydrogen-bond donors (Lipinski definition) is 0. The quantitative estimate of drug-likeness (QED) is 0.733. The molecule has 2 aromatic rings. The molecule has 0 saturated heterocycles. The van der Waals surface area contributed by atoms with E-state index in [1.807, 2.05) is 30.3 Å². The van der Waals surface area contributed by atoms with E-state index in [4.69, 9.17) is 16.3 Å². The molecule has 1 aliphatic heterocycles. The van der Waals surface area contributed by atoms with Gasteiger partial charge in [-0.05, 0) is 74.4 Å². The third-order valence-corrected chi connectivity index (χ3v) is 4.66. The van der Waals surface area contributed by atoms with Crippen LogP contribution in [0.25, 0.3) is 0 Å². The molecule has 2 aromatic carbocycles. The predicted octanol–water partition coefficient (Wildman–Crippen LogP) is 5.02. The molecule has 1 heterocycles. The highest BCUT2D eigenvalue weighted by Gasteiger charge is 2.41. The number of fused-ring (bicyclic) bond motifs is 1. The second-order valence-electron chi connectivity index (χ2n) is 6.33. The van der Waals surface area contributed by atoms with Gasteiger partial charge >= 0.3 is 0 Å². The second-order valence-corrected chi connectivity index (χ2v) is 6.77. The summed E-state index contributed by atoms with van der Waals surface area (Å²) in [7, 11) is 4.13. The lowest BCUT2D eigenvalue weighted by Gasteiger charge is -2.31. The third kappa shape index (κ3) is 3.75. The minimum Gasteiger partial charge on any atom is -0.361 e. The van der Waals surface area contributed by atoms with Gasteiger partial charge in [-0.1, -0.05) is 29.8 Å². The topological polar surface area (TPSA) is 12.5 Å². The Hall–Kier alpha value is -1.13. The van der Waals surface area contributed by atoms with Crippen LogP contribution in [0.4, 0.5) is 4.39 Å². The Balaban J connectivity index is 0.00000208. The Labute approximate surface area is 154 Å². The number of halogens is 3. The standard InChI is InChI=1S/C19H21ClFNO.ClH/c1-22(2)11-3-10-19(15-4-7-17(21)8-5-15)18-9-6-16(20)12-14(18)13-23-19;/h4-9,12H,3,10-11,13H2,1-2H3;1H. The first-order valence-corrected chi connectivity index (χ1v) is 8.23. The van der Waals surface area contributed by atoms with E-state index in [1.54, 1.807) is 0 Å². The summed E-state index contributed by atoms with van der Waals surface area (Å²) in [5.41, 5.74) is 2.75. The number of nitrogens with zero attached hydrogens (tertiary/aromatic N) is 1. The summed E-state index contributed by atoms with van der Waals surface area (Å²) in [6.45, 7) is 1.52. The lowest BCUT2D eigenvalue weighted by molar-refractivity contribution is -0.0140. The van der Waals surface area contributed by atoms with Crippen molar-refractivity contribution in [3.63, 3.8) is 0 Å². The molecule has 3 rings (SSSR count). The average Bonchev–Trinajstić information content (AvgIpc) is 2.87. The second kappa shape index (κ2) is 7.83. The molecule has 0 aliphatic carbocycles. The van der Waals surface area contributed by atoms with Crippen molar-refractivity contribution in [3.8, 4) is 0 Å². The monoisotopic (exact) mass is 369 g/mol. The minimum absolute atomic E-state index is 0. The van der Waals surface area contributed by atoms with Crippen LogP contribution in [0.3, 0.4) is 0 Å². The molecule has 0 amide bonds. The maximum absolute atomic E-state index is 13.3. The summed E-state index contributed by atoms with van der Waals surface area (Å²) < 4.78 is 19.6. The van der Waals surface area contributed by atoms with Gasteiger partial charge in [0.15, 0.2) is 0 Å². The van der Waals surface area contributed by atoms with Crippen LogP contribution >= 0.6 is 24.0 Å². The molecule has 1 aliphatic rings. The smallest absolute Gasteiger partial charge is 0.123 e. The fraction of sp³-hybridized carbons (Fsp3) is 0.368. The zero-order valence-electron chi connectivity index (χ0n) is 13.9. The highest BCUT2D eigenvalue weighted by molar-refractivity contribution is 6.30. The lowest BCUT2D eigenvalue weighted by atomic mass is 9.82. The number of ether oxygens (including phenoxy) is 1. The molecule has 1 atom stereocenters. The highest BCUT2D eigenvalue weighted by atomic mass is 35.5. The summed E-state index contributed by atoms with van der Waals surface area (Å²) in [6.07, 6.45) is 1.85. The van der Waals surface area contributed by atoms with E-state index in [-0.39, 0.29) is 18.2 Å². The van der Waals surface area contributed by atoms with Gasteiger partial charge in [-0.15, -0.1) is 12.4 Å². The molecule has 2 nitrogen and oxygen atoms in total. The molecule has 0 saturated carbocycles. The number of hydrogen-bond acceptors (Lipinski definition) is 2. The Kier molecular flexibility index (Phi) is 6.27. The van der Waals surface area contributed by atoms with Gasteiger partial charge < -0.3 is 9.64 Å². The van der Waals surface area contributed by atoms with Crippen LogP contribution in [-0.4, -0.2) is 25.5 Å². The summed E-state index contributed by atoms with van der Waals surface area (Å²) in [5, 5.41) is 0.718. The molecule has 0 spiro atoms. The highest BCUT2D eigenvalue weighted by Crippen LogP contribution is 2.45. The van der Waals surface area contributed by atoms with Crippen LogP contribution in [0.15, 0.2) is 42.5 Å². The Morgan fingerprint density at radius 3 is 2.54 bits per heavy atom. The normalized spacial score (nSPS) is 19.2. The third-order valence-electron chi connectivity index (χ3n) is 4.42. The van der Waals surface area contributed by atoms with Gasteiger partial charge in [0.25, 0.3) is 0 Å². The molecule has 5 heteroatoms. The molecular weight excluding hydrogens is 348 g/mol.